The lowest BCUT2D eigenvalue weighted by molar-refractivity contribution is 0.219. The number of hydrogen-bond donors (Lipinski definition) is 1. The highest BCUT2D eigenvalue weighted by atomic mass is 16.5. The molecule has 2 heterocycles. The first-order chi connectivity index (χ1) is 7.90. The fourth-order valence-corrected chi connectivity index (χ4v) is 2.01. The summed E-state index contributed by atoms with van der Waals surface area (Å²) >= 11 is 0. The maximum Gasteiger partial charge on any atom is 0.0876 e. The lowest BCUT2D eigenvalue weighted by Crippen LogP contribution is -2.31. The molecule has 1 N–H and O–H groups in total. The molecule has 3 nitrogen and oxygen atoms in total. The predicted molar refractivity (Wildman–Crippen MR) is 64.1 cm³/mol. The molecule has 1 aromatic heterocycles. The average molecular weight is 218 g/mol. The number of nitrogens with zero attached hydrogens (tertiary/aromatic N) is 1. The molecule has 0 saturated carbocycles. The van der Waals surface area contributed by atoms with Crippen molar-refractivity contribution in [2.45, 2.75) is 25.3 Å². The molecule has 0 fully saturated rings. The van der Waals surface area contributed by atoms with Crippen LogP contribution in [0.15, 0.2) is 36.4 Å². The van der Waals surface area contributed by atoms with Crippen LogP contribution in [0, 0.1) is 0 Å². The Hall–Kier alpha value is -1.35. The third-order valence-corrected chi connectivity index (χ3v) is 2.92. The summed E-state index contributed by atoms with van der Waals surface area (Å²) in [6.07, 6.45) is 8.87. The Balaban J connectivity index is 2.03. The van der Waals surface area contributed by atoms with Crippen LogP contribution in [-0.2, 0) is 11.2 Å². The van der Waals surface area contributed by atoms with Crippen molar-refractivity contribution in [3.8, 4) is 0 Å². The van der Waals surface area contributed by atoms with Gasteiger partial charge in [-0.05, 0) is 43.5 Å². The second-order valence-electron chi connectivity index (χ2n) is 4.07. The van der Waals surface area contributed by atoms with Gasteiger partial charge in [-0.25, -0.2) is 0 Å². The molecule has 0 bridgehead atoms. The molecule has 0 aliphatic carbocycles. The van der Waals surface area contributed by atoms with Gasteiger partial charge < -0.3 is 10.1 Å². The predicted octanol–water partition coefficient (Wildman–Crippen LogP) is 1.91. The summed E-state index contributed by atoms with van der Waals surface area (Å²) in [5.74, 6) is 0. The molecule has 0 saturated heterocycles. The Labute approximate surface area is 96.5 Å². The van der Waals surface area contributed by atoms with Crippen molar-refractivity contribution in [1.29, 1.82) is 0 Å². The van der Waals surface area contributed by atoms with E-state index in [-0.39, 0.29) is 0 Å². The quantitative estimate of drug-likeness (QED) is 0.838. The van der Waals surface area contributed by atoms with E-state index in [1.165, 1.54) is 11.1 Å². The van der Waals surface area contributed by atoms with Crippen LogP contribution in [0.1, 0.15) is 18.4 Å². The molecular formula is C13H18N2O. The lowest BCUT2D eigenvalue weighted by Gasteiger charge is -2.22. The van der Waals surface area contributed by atoms with Crippen LogP contribution in [0.5, 0.6) is 0 Å². The van der Waals surface area contributed by atoms with Crippen LogP contribution in [0.4, 0.5) is 0 Å². The van der Waals surface area contributed by atoms with Gasteiger partial charge in [-0.2, -0.15) is 0 Å². The molecule has 0 amide bonds. The minimum absolute atomic E-state index is 0.365. The van der Waals surface area contributed by atoms with Crippen molar-refractivity contribution in [2.75, 3.05) is 13.7 Å². The van der Waals surface area contributed by atoms with Crippen LogP contribution >= 0.6 is 0 Å². The maximum absolute atomic E-state index is 5.38. The summed E-state index contributed by atoms with van der Waals surface area (Å²) in [6, 6.07) is 4.46. The number of hydrogen-bond acceptors (Lipinski definition) is 3. The van der Waals surface area contributed by atoms with Crippen LogP contribution in [0.25, 0.3) is 0 Å². The van der Waals surface area contributed by atoms with Crippen molar-refractivity contribution in [3.63, 3.8) is 0 Å². The summed E-state index contributed by atoms with van der Waals surface area (Å²) in [7, 11) is 2.00. The highest BCUT2D eigenvalue weighted by molar-refractivity contribution is 5.18. The molecule has 0 spiro atoms. The van der Waals surface area contributed by atoms with E-state index >= 15 is 0 Å². The van der Waals surface area contributed by atoms with E-state index < -0.39 is 0 Å². The zero-order valence-corrected chi connectivity index (χ0v) is 9.65. The standard InChI is InChI=1S/C13H18N2O/c1-14-13(12-5-3-7-16-10-12)8-11-4-2-6-15-9-11/h2,4,6,9-10,13-14H,3,5,7-8H2,1H3. The Morgan fingerprint density at radius 2 is 2.50 bits per heavy atom. The largest absolute Gasteiger partial charge is 0.501 e. The number of aromatic nitrogens is 1. The van der Waals surface area contributed by atoms with Crippen LogP contribution in [0.2, 0.25) is 0 Å². The number of rotatable bonds is 4. The Morgan fingerprint density at radius 3 is 3.12 bits per heavy atom. The first-order valence-electron chi connectivity index (χ1n) is 5.77. The molecule has 16 heavy (non-hydrogen) atoms. The second kappa shape index (κ2) is 5.66. The van der Waals surface area contributed by atoms with Crippen molar-refractivity contribution in [1.82, 2.24) is 10.3 Å². The molecule has 1 aromatic rings. The summed E-state index contributed by atoms with van der Waals surface area (Å²) in [4.78, 5) is 4.14. The number of pyridine rings is 1. The Kier molecular flexibility index (Phi) is 3.94. The molecule has 0 radical (unpaired) electrons. The van der Waals surface area contributed by atoms with Gasteiger partial charge in [-0.15, -0.1) is 0 Å². The molecule has 1 aliphatic rings. The molecule has 86 valence electrons. The van der Waals surface area contributed by atoms with E-state index in [0.29, 0.717) is 6.04 Å². The Bertz CT molecular complexity index is 348. The first kappa shape index (κ1) is 11.1. The van der Waals surface area contributed by atoms with Crippen LogP contribution in [-0.4, -0.2) is 24.7 Å². The van der Waals surface area contributed by atoms with Crippen LogP contribution < -0.4 is 5.32 Å². The minimum Gasteiger partial charge on any atom is -0.501 e. The van der Waals surface area contributed by atoms with E-state index in [2.05, 4.69) is 16.4 Å². The summed E-state index contributed by atoms with van der Waals surface area (Å²) < 4.78 is 5.38. The summed E-state index contributed by atoms with van der Waals surface area (Å²) in [6.45, 7) is 0.854. The zero-order chi connectivity index (χ0) is 11.2. The van der Waals surface area contributed by atoms with Crippen molar-refractivity contribution in [3.05, 3.63) is 41.9 Å². The van der Waals surface area contributed by atoms with Gasteiger partial charge in [0.2, 0.25) is 0 Å². The van der Waals surface area contributed by atoms with Gasteiger partial charge in [-0.3, -0.25) is 4.98 Å². The lowest BCUT2D eigenvalue weighted by atomic mass is 9.96. The third-order valence-electron chi connectivity index (χ3n) is 2.92. The zero-order valence-electron chi connectivity index (χ0n) is 9.65. The number of nitrogens with one attached hydrogen (secondary N) is 1. The minimum atomic E-state index is 0.365. The monoisotopic (exact) mass is 218 g/mol. The maximum atomic E-state index is 5.38. The Morgan fingerprint density at radius 1 is 1.56 bits per heavy atom. The van der Waals surface area contributed by atoms with Gasteiger partial charge in [0.25, 0.3) is 0 Å². The van der Waals surface area contributed by atoms with Gasteiger partial charge in [0, 0.05) is 18.4 Å². The number of ether oxygens (including phenoxy) is 1. The molecule has 1 atom stereocenters. The van der Waals surface area contributed by atoms with E-state index in [1.54, 1.807) is 6.20 Å². The average Bonchev–Trinajstić information content (AvgIpc) is 2.38. The molecule has 2 rings (SSSR count). The second-order valence-corrected chi connectivity index (χ2v) is 4.07. The third kappa shape index (κ3) is 2.83. The van der Waals surface area contributed by atoms with E-state index in [4.69, 9.17) is 4.74 Å². The van der Waals surface area contributed by atoms with Crippen molar-refractivity contribution < 1.29 is 4.74 Å². The number of likely N-dealkylation sites (N-methyl/N-ethyl adjacent to an activating group) is 1. The van der Waals surface area contributed by atoms with Gasteiger partial charge in [0.15, 0.2) is 0 Å². The van der Waals surface area contributed by atoms with E-state index in [1.807, 2.05) is 25.6 Å². The van der Waals surface area contributed by atoms with Crippen LogP contribution in [0.3, 0.4) is 0 Å². The molecule has 1 unspecified atom stereocenters. The fraction of sp³-hybridized carbons (Fsp3) is 0.462. The smallest absolute Gasteiger partial charge is 0.0876 e. The highest BCUT2D eigenvalue weighted by Gasteiger charge is 2.15. The van der Waals surface area contributed by atoms with Crippen molar-refractivity contribution in [2.24, 2.45) is 0 Å². The molecule has 0 aromatic carbocycles. The highest BCUT2D eigenvalue weighted by Crippen LogP contribution is 2.18. The molecule has 1 aliphatic heterocycles. The van der Waals surface area contributed by atoms with E-state index in [9.17, 15) is 0 Å². The van der Waals surface area contributed by atoms with Gasteiger partial charge >= 0.3 is 0 Å². The van der Waals surface area contributed by atoms with Gasteiger partial charge in [0.05, 0.1) is 12.9 Å². The summed E-state index contributed by atoms with van der Waals surface area (Å²) in [5, 5.41) is 3.34. The van der Waals surface area contributed by atoms with Gasteiger partial charge in [-0.1, -0.05) is 6.07 Å². The van der Waals surface area contributed by atoms with Gasteiger partial charge in [0.1, 0.15) is 0 Å². The van der Waals surface area contributed by atoms with E-state index in [0.717, 1.165) is 25.9 Å². The topological polar surface area (TPSA) is 34.2 Å². The fourth-order valence-electron chi connectivity index (χ4n) is 2.01. The first-order valence-corrected chi connectivity index (χ1v) is 5.77. The SMILES string of the molecule is CNC(Cc1cccnc1)C1=COCCC1. The normalized spacial score (nSPS) is 17.4. The van der Waals surface area contributed by atoms with Crippen molar-refractivity contribution >= 4 is 0 Å². The molecule has 3 heteroatoms. The summed E-state index contributed by atoms with van der Waals surface area (Å²) in [5.41, 5.74) is 2.62. The molecular weight excluding hydrogens is 200 g/mol.